The van der Waals surface area contributed by atoms with Gasteiger partial charge in [-0.15, -0.1) is 27.8 Å². The number of hydrogen-bond acceptors (Lipinski definition) is 5. The molecule has 0 aliphatic carbocycles. The Kier molecular flexibility index (Phi) is 6.35. The van der Waals surface area contributed by atoms with Gasteiger partial charge < -0.3 is 0 Å². The zero-order valence-electron chi connectivity index (χ0n) is 19.2. The molecular weight excluding hydrogens is 548 g/mol. The van der Waals surface area contributed by atoms with E-state index in [9.17, 15) is 0 Å². The third-order valence-electron chi connectivity index (χ3n) is 6.29. The highest BCUT2D eigenvalue weighted by Gasteiger charge is 2.42. The van der Waals surface area contributed by atoms with Crippen LogP contribution in [0.4, 0.5) is 0 Å². The van der Waals surface area contributed by atoms with Gasteiger partial charge in [-0.05, 0) is 50.7 Å². The average molecular weight is 570 g/mol. The molecule has 6 rings (SSSR count). The molecule has 6 aromatic rings. The van der Waals surface area contributed by atoms with Crippen molar-refractivity contribution in [3.63, 3.8) is 0 Å². The summed E-state index contributed by atoms with van der Waals surface area (Å²) in [7, 11) is 0. The Labute approximate surface area is 226 Å². The maximum absolute atomic E-state index is 4.69. The molecule has 0 fully saturated rings. The van der Waals surface area contributed by atoms with Gasteiger partial charge in [0.1, 0.15) is 5.54 Å². The number of alkyl halides is 1. The van der Waals surface area contributed by atoms with Gasteiger partial charge in [-0.3, -0.25) is 0 Å². The molecule has 0 amide bonds. The van der Waals surface area contributed by atoms with Gasteiger partial charge in [-0.2, -0.15) is 0 Å². The molecule has 0 N–H and O–H groups in total. The summed E-state index contributed by atoms with van der Waals surface area (Å²) in [6.07, 6.45) is 0. The van der Waals surface area contributed by atoms with E-state index in [1.165, 1.54) is 9.75 Å². The Morgan fingerprint density at radius 3 is 1.83 bits per heavy atom. The van der Waals surface area contributed by atoms with E-state index in [1.54, 1.807) is 22.7 Å². The molecule has 0 saturated carbocycles. The zero-order valence-corrected chi connectivity index (χ0v) is 22.4. The summed E-state index contributed by atoms with van der Waals surface area (Å²) in [5.41, 5.74) is 3.65. The predicted octanol–water partition coefficient (Wildman–Crippen LogP) is 7.87. The molecule has 0 bridgehead atoms. The van der Waals surface area contributed by atoms with Gasteiger partial charge in [-0.25, -0.2) is 4.68 Å². The first-order valence-electron chi connectivity index (χ1n) is 11.5. The number of thiophene rings is 2. The van der Waals surface area contributed by atoms with Crippen molar-refractivity contribution in [3.8, 4) is 21.1 Å². The smallest absolute Gasteiger partial charge is 0.194 e. The van der Waals surface area contributed by atoms with E-state index < -0.39 is 5.54 Å². The highest BCUT2D eigenvalue weighted by atomic mass is 79.9. The number of aromatic nitrogens is 4. The van der Waals surface area contributed by atoms with E-state index in [4.69, 9.17) is 0 Å². The van der Waals surface area contributed by atoms with Crippen molar-refractivity contribution >= 4 is 38.6 Å². The summed E-state index contributed by atoms with van der Waals surface area (Å²) in [5.74, 6) is 0.741. The molecule has 0 radical (unpaired) electrons. The van der Waals surface area contributed by atoms with Gasteiger partial charge in [0.25, 0.3) is 0 Å². The maximum atomic E-state index is 4.69. The molecule has 0 saturated heterocycles. The van der Waals surface area contributed by atoms with Gasteiger partial charge in [0.2, 0.25) is 0 Å². The maximum Gasteiger partial charge on any atom is 0.194 e. The Morgan fingerprint density at radius 1 is 0.722 bits per heavy atom. The van der Waals surface area contributed by atoms with E-state index in [0.717, 1.165) is 38.3 Å². The topological polar surface area (TPSA) is 43.6 Å². The molecule has 7 heteroatoms. The fourth-order valence-electron chi connectivity index (χ4n) is 4.73. The molecule has 0 aliphatic heterocycles. The van der Waals surface area contributed by atoms with Crippen LogP contribution in [0.5, 0.6) is 0 Å². The molecule has 176 valence electrons. The molecular formula is C29H21BrN4S2. The summed E-state index contributed by atoms with van der Waals surface area (Å²) in [6.45, 7) is 0. The lowest BCUT2D eigenvalue weighted by atomic mass is 9.77. The first-order chi connectivity index (χ1) is 17.8. The quantitative estimate of drug-likeness (QED) is 0.145. The Balaban J connectivity index is 1.66. The Bertz CT molecular complexity index is 1480. The van der Waals surface area contributed by atoms with Crippen LogP contribution in [0.2, 0.25) is 0 Å². The van der Waals surface area contributed by atoms with E-state index in [1.807, 2.05) is 22.9 Å². The van der Waals surface area contributed by atoms with Gasteiger partial charge in [0.05, 0.1) is 4.88 Å². The van der Waals surface area contributed by atoms with Crippen LogP contribution in [-0.2, 0) is 10.9 Å². The Morgan fingerprint density at radius 2 is 1.31 bits per heavy atom. The van der Waals surface area contributed by atoms with E-state index >= 15 is 0 Å². The number of benzene rings is 3. The van der Waals surface area contributed by atoms with Crippen molar-refractivity contribution in [2.24, 2.45) is 0 Å². The van der Waals surface area contributed by atoms with Crippen LogP contribution < -0.4 is 0 Å². The van der Waals surface area contributed by atoms with E-state index in [0.29, 0.717) is 0 Å². The molecule has 4 nitrogen and oxygen atoms in total. The average Bonchev–Trinajstić information content (AvgIpc) is 3.72. The highest BCUT2D eigenvalue weighted by Crippen LogP contribution is 2.45. The Hall–Kier alpha value is -3.39. The minimum Gasteiger partial charge on any atom is -0.205 e. The van der Waals surface area contributed by atoms with Crippen molar-refractivity contribution in [2.75, 3.05) is 0 Å². The summed E-state index contributed by atoms with van der Waals surface area (Å²) in [6, 6.07) is 38.0. The molecule has 0 spiro atoms. The van der Waals surface area contributed by atoms with Crippen molar-refractivity contribution in [2.45, 2.75) is 10.9 Å². The number of rotatable bonds is 7. The van der Waals surface area contributed by atoms with Crippen LogP contribution in [0.1, 0.15) is 21.6 Å². The summed E-state index contributed by atoms with van der Waals surface area (Å²) < 4.78 is 2.00. The molecule has 0 atom stereocenters. The lowest BCUT2D eigenvalue weighted by molar-refractivity contribution is 0.451. The van der Waals surface area contributed by atoms with Gasteiger partial charge in [-0.1, -0.05) is 107 Å². The fourth-order valence-corrected chi connectivity index (χ4v) is 7.09. The highest BCUT2D eigenvalue weighted by molar-refractivity contribution is 9.08. The summed E-state index contributed by atoms with van der Waals surface area (Å²) >= 11 is 7.04. The van der Waals surface area contributed by atoms with Crippen LogP contribution in [0.15, 0.2) is 115 Å². The predicted molar refractivity (Wildman–Crippen MR) is 152 cm³/mol. The van der Waals surface area contributed by atoms with Crippen LogP contribution in [-0.4, -0.2) is 20.2 Å². The largest absolute Gasteiger partial charge is 0.205 e. The third-order valence-corrected chi connectivity index (χ3v) is 9.29. The zero-order chi connectivity index (χ0) is 24.4. The van der Waals surface area contributed by atoms with Gasteiger partial charge in [0.15, 0.2) is 5.82 Å². The monoisotopic (exact) mass is 568 g/mol. The van der Waals surface area contributed by atoms with Crippen molar-refractivity contribution < 1.29 is 0 Å². The van der Waals surface area contributed by atoms with Crippen molar-refractivity contribution in [1.82, 2.24) is 20.2 Å². The van der Waals surface area contributed by atoms with Crippen molar-refractivity contribution in [1.29, 1.82) is 0 Å². The number of hydrogen-bond donors (Lipinski definition) is 0. The molecule has 3 heterocycles. The number of halogens is 1. The third kappa shape index (κ3) is 3.84. The molecule has 36 heavy (non-hydrogen) atoms. The number of tetrazole rings is 1. The first-order valence-corrected chi connectivity index (χ1v) is 14.3. The van der Waals surface area contributed by atoms with Crippen LogP contribution in [0, 0.1) is 0 Å². The lowest BCUT2D eigenvalue weighted by Gasteiger charge is -2.36. The second-order valence-corrected chi connectivity index (χ2v) is 10.9. The second kappa shape index (κ2) is 9.93. The first kappa shape index (κ1) is 23.0. The van der Waals surface area contributed by atoms with Crippen LogP contribution >= 0.6 is 38.6 Å². The van der Waals surface area contributed by atoms with Gasteiger partial charge >= 0.3 is 0 Å². The van der Waals surface area contributed by atoms with Crippen molar-refractivity contribution in [3.05, 3.63) is 136 Å². The standard InChI is InChI=1S/C29H21BrN4S2/c30-20-24-16-17-26(36-24)25-18-19-35-27(25)28-31-32-33-34(28)29(21-10-4-1-5-11-21,22-12-6-2-7-13-22)23-14-8-3-9-15-23/h1-19H,20H2. The molecule has 3 aromatic carbocycles. The normalized spacial score (nSPS) is 11.6. The minimum absolute atomic E-state index is 0.741. The van der Waals surface area contributed by atoms with E-state index in [-0.39, 0.29) is 0 Å². The second-order valence-electron chi connectivity index (χ2n) is 8.29. The van der Waals surface area contributed by atoms with Gasteiger partial charge in [0, 0.05) is 20.6 Å². The van der Waals surface area contributed by atoms with Crippen LogP contribution in [0.3, 0.4) is 0 Å². The number of nitrogens with zero attached hydrogens (tertiary/aromatic N) is 4. The minimum atomic E-state index is -0.764. The SMILES string of the molecule is BrCc1ccc(-c2ccsc2-c2nnnn2C(c2ccccc2)(c2ccccc2)c2ccccc2)s1. The summed E-state index contributed by atoms with van der Waals surface area (Å²) in [5, 5.41) is 16.5. The summed E-state index contributed by atoms with van der Waals surface area (Å²) in [4.78, 5) is 3.55. The molecule has 0 aliphatic rings. The fraction of sp³-hybridized carbons (Fsp3) is 0.0690. The van der Waals surface area contributed by atoms with E-state index in [2.05, 4.69) is 128 Å². The molecule has 3 aromatic heterocycles. The van der Waals surface area contributed by atoms with Crippen LogP contribution in [0.25, 0.3) is 21.1 Å². The lowest BCUT2D eigenvalue weighted by Crippen LogP contribution is -2.39. The molecule has 0 unspecified atom stereocenters.